The number of phosphoric acid groups is 2. The monoisotopic (exact) mass is 1530 g/mol. The number of esters is 4. The fraction of sp³-hybridized carbons (Fsp3) is 0.678. The standard InChI is InChI=1S/C87H146O17P2/c1-5-9-13-17-21-25-29-33-36-38-40-42-45-48-51-55-59-63-67-71-84(89)97-77-82(103-86(91)73-69-65-61-57-53-47-32-28-24-20-16-12-8-4)79-101-105(93,94)99-75-81(88)76-100-106(95,96)102-80-83(104-87(92)74-70-66-62-58-54-50-44-35-31-27-23-19-15-11-7-3)78-98-85(90)72-68-64-60-56-52-49-46-43-41-39-37-34-30-26-22-18-14-10-6-2/h11,15-16,20-23,25-28,32-37,40-44,54,58,81-83,88H,5-10,12-14,17-19,24,29-31,38-39,45-53,55-57,59-80H2,1-4H3,(H,93,94)(H,95,96)/b15-11-,20-16-,25-21-,26-22-,27-23-,32-28-,36-33-,37-34-,42-40-,43-41-,44-35-,58-54-. The van der Waals surface area contributed by atoms with Gasteiger partial charge in [0.2, 0.25) is 0 Å². The fourth-order valence-corrected chi connectivity index (χ4v) is 12.1. The molecule has 0 bridgehead atoms. The van der Waals surface area contributed by atoms with Crippen molar-refractivity contribution in [3.05, 3.63) is 146 Å². The molecule has 0 aliphatic heterocycles. The van der Waals surface area contributed by atoms with E-state index in [0.29, 0.717) is 32.1 Å². The van der Waals surface area contributed by atoms with Crippen LogP contribution in [-0.2, 0) is 65.4 Å². The average molecular weight is 1530 g/mol. The predicted molar refractivity (Wildman–Crippen MR) is 436 cm³/mol. The fourth-order valence-electron chi connectivity index (χ4n) is 10.5. The highest BCUT2D eigenvalue weighted by Crippen LogP contribution is 2.45. The second-order valence-electron chi connectivity index (χ2n) is 27.0. The zero-order chi connectivity index (χ0) is 77.4. The summed E-state index contributed by atoms with van der Waals surface area (Å²) in [6, 6.07) is 0. The SMILES string of the molecule is CC/C=C\C/C=C\C/C=C\C/C=C\CCCCC(=O)OC(COC(=O)CCCCCCCC/C=C\C/C=C\C/C=C\CCCCC)COP(=O)(O)OCC(O)COP(=O)(O)OCC(COC(=O)CCCCCCCC/C=C\C/C=C\C/C=C\CCCCC)OC(=O)CCCCCCC/C=C\C/C=C\CCC. The van der Waals surface area contributed by atoms with Crippen LogP contribution in [0.25, 0.3) is 0 Å². The van der Waals surface area contributed by atoms with Crippen LogP contribution < -0.4 is 0 Å². The van der Waals surface area contributed by atoms with E-state index >= 15 is 0 Å². The summed E-state index contributed by atoms with van der Waals surface area (Å²) in [5.74, 6) is -2.27. The number of hydrogen-bond acceptors (Lipinski definition) is 15. The lowest BCUT2D eigenvalue weighted by atomic mass is 10.1. The summed E-state index contributed by atoms with van der Waals surface area (Å²) >= 11 is 0. The summed E-state index contributed by atoms with van der Waals surface area (Å²) in [7, 11) is -9.99. The number of rotatable bonds is 76. The minimum absolute atomic E-state index is 0.0354. The molecule has 606 valence electrons. The van der Waals surface area contributed by atoms with Gasteiger partial charge < -0.3 is 33.8 Å². The number of aliphatic hydroxyl groups excluding tert-OH is 1. The van der Waals surface area contributed by atoms with E-state index in [1.807, 2.05) is 0 Å². The van der Waals surface area contributed by atoms with Crippen LogP contribution in [0.4, 0.5) is 0 Å². The first-order chi connectivity index (χ1) is 51.7. The zero-order valence-electron chi connectivity index (χ0n) is 66.3. The van der Waals surface area contributed by atoms with E-state index in [4.69, 9.17) is 37.0 Å². The minimum atomic E-state index is -5.00. The molecule has 0 heterocycles. The predicted octanol–water partition coefficient (Wildman–Crippen LogP) is 24.2. The average Bonchev–Trinajstić information content (AvgIpc) is 0.903. The quantitative estimate of drug-likeness (QED) is 0.0169. The third kappa shape index (κ3) is 77.1. The number of aliphatic hydroxyl groups is 1. The van der Waals surface area contributed by atoms with Gasteiger partial charge in [-0.3, -0.25) is 37.3 Å². The van der Waals surface area contributed by atoms with Crippen LogP contribution in [0.3, 0.4) is 0 Å². The van der Waals surface area contributed by atoms with Crippen molar-refractivity contribution in [2.45, 2.75) is 341 Å². The Morgan fingerprint density at radius 3 is 0.811 bits per heavy atom. The van der Waals surface area contributed by atoms with E-state index in [2.05, 4.69) is 174 Å². The van der Waals surface area contributed by atoms with Crippen LogP contribution >= 0.6 is 15.6 Å². The van der Waals surface area contributed by atoms with Crippen molar-refractivity contribution in [2.24, 2.45) is 0 Å². The Morgan fingerprint density at radius 2 is 0.509 bits per heavy atom. The zero-order valence-corrected chi connectivity index (χ0v) is 68.1. The third-order valence-electron chi connectivity index (χ3n) is 16.7. The van der Waals surface area contributed by atoms with Gasteiger partial charge in [0, 0.05) is 25.7 Å². The number of allylic oxidation sites excluding steroid dienone is 24. The lowest BCUT2D eigenvalue weighted by Crippen LogP contribution is -2.30. The first kappa shape index (κ1) is 101. The topological polar surface area (TPSA) is 237 Å². The smallest absolute Gasteiger partial charge is 0.462 e. The molecule has 0 radical (unpaired) electrons. The number of carbonyl (C=O) groups is 4. The Labute approximate surface area is 643 Å². The van der Waals surface area contributed by atoms with Gasteiger partial charge in [0.1, 0.15) is 19.3 Å². The van der Waals surface area contributed by atoms with Crippen LogP contribution in [0.2, 0.25) is 0 Å². The maximum absolute atomic E-state index is 13.1. The number of ether oxygens (including phenoxy) is 4. The molecule has 0 amide bonds. The normalized spacial score (nSPS) is 14.6. The van der Waals surface area contributed by atoms with Gasteiger partial charge in [-0.1, -0.05) is 276 Å². The largest absolute Gasteiger partial charge is 0.472 e. The molecule has 0 rings (SSSR count). The van der Waals surface area contributed by atoms with Crippen LogP contribution in [0, 0.1) is 0 Å². The molecule has 106 heavy (non-hydrogen) atoms. The molecule has 0 aliphatic carbocycles. The van der Waals surface area contributed by atoms with Crippen molar-refractivity contribution < 1.29 is 80.2 Å². The number of unbranched alkanes of at least 4 members (excludes halogenated alkanes) is 26. The Morgan fingerprint density at radius 1 is 0.274 bits per heavy atom. The van der Waals surface area contributed by atoms with Crippen molar-refractivity contribution in [3.63, 3.8) is 0 Å². The van der Waals surface area contributed by atoms with Crippen LogP contribution in [0.1, 0.15) is 323 Å². The van der Waals surface area contributed by atoms with Crippen LogP contribution in [-0.4, -0.2) is 96.7 Å². The highest BCUT2D eigenvalue weighted by Gasteiger charge is 2.30. The van der Waals surface area contributed by atoms with Crippen molar-refractivity contribution in [1.82, 2.24) is 0 Å². The van der Waals surface area contributed by atoms with E-state index in [1.54, 1.807) is 0 Å². The summed E-state index contributed by atoms with van der Waals surface area (Å²) in [6.45, 7) is 4.56. The summed E-state index contributed by atoms with van der Waals surface area (Å²) in [4.78, 5) is 73.1. The third-order valence-corrected chi connectivity index (χ3v) is 18.6. The second-order valence-corrected chi connectivity index (χ2v) is 29.9. The maximum Gasteiger partial charge on any atom is 0.472 e. The highest BCUT2D eigenvalue weighted by atomic mass is 31.2. The molecule has 5 unspecified atom stereocenters. The van der Waals surface area contributed by atoms with Crippen LogP contribution in [0.15, 0.2) is 146 Å². The summed E-state index contributed by atoms with van der Waals surface area (Å²) in [5, 5.41) is 10.7. The van der Waals surface area contributed by atoms with Gasteiger partial charge in [-0.05, 0) is 167 Å². The number of hydrogen-bond donors (Lipinski definition) is 3. The lowest BCUT2D eigenvalue weighted by molar-refractivity contribution is -0.161. The van der Waals surface area contributed by atoms with Gasteiger partial charge in [0.05, 0.1) is 26.4 Å². The van der Waals surface area contributed by atoms with Gasteiger partial charge in [0.15, 0.2) is 12.2 Å². The Kier molecular flexibility index (Phi) is 74.3. The summed E-state index contributed by atoms with van der Waals surface area (Å²) < 4.78 is 68.6. The summed E-state index contributed by atoms with van der Waals surface area (Å²) in [6.07, 6.45) is 89.6. The van der Waals surface area contributed by atoms with Crippen molar-refractivity contribution in [1.29, 1.82) is 0 Å². The molecule has 0 saturated heterocycles. The molecule has 0 spiro atoms. The van der Waals surface area contributed by atoms with Crippen molar-refractivity contribution >= 4 is 39.5 Å². The Balaban J connectivity index is 5.40. The molecule has 0 aliphatic rings. The Hall–Kier alpha value is -5.06. The van der Waals surface area contributed by atoms with E-state index < -0.39 is 97.5 Å². The molecule has 0 aromatic carbocycles. The number of phosphoric ester groups is 2. The van der Waals surface area contributed by atoms with E-state index in [9.17, 15) is 43.2 Å². The molecule has 0 saturated carbocycles. The second kappa shape index (κ2) is 78.1. The molecule has 0 aromatic heterocycles. The van der Waals surface area contributed by atoms with E-state index in [1.165, 1.54) is 38.5 Å². The molecule has 17 nitrogen and oxygen atoms in total. The molecule has 3 N–H and O–H groups in total. The van der Waals surface area contributed by atoms with Crippen molar-refractivity contribution in [3.8, 4) is 0 Å². The highest BCUT2D eigenvalue weighted by molar-refractivity contribution is 7.47. The van der Waals surface area contributed by atoms with Gasteiger partial charge in [-0.2, -0.15) is 0 Å². The van der Waals surface area contributed by atoms with E-state index in [0.717, 1.165) is 199 Å². The number of carbonyl (C=O) groups excluding carboxylic acids is 4. The first-order valence-corrected chi connectivity index (χ1v) is 44.1. The maximum atomic E-state index is 13.1. The van der Waals surface area contributed by atoms with Crippen molar-refractivity contribution in [2.75, 3.05) is 39.6 Å². The molecule has 0 aromatic rings. The first-order valence-electron chi connectivity index (χ1n) is 41.1. The van der Waals surface area contributed by atoms with E-state index in [-0.39, 0.29) is 25.7 Å². The molecule has 19 heteroatoms. The summed E-state index contributed by atoms with van der Waals surface area (Å²) in [5.41, 5.74) is 0. The van der Waals surface area contributed by atoms with Gasteiger partial charge >= 0.3 is 39.5 Å². The molecule has 5 atom stereocenters. The van der Waals surface area contributed by atoms with Crippen LogP contribution in [0.5, 0.6) is 0 Å². The minimum Gasteiger partial charge on any atom is -0.462 e. The lowest BCUT2D eigenvalue weighted by Gasteiger charge is -2.21. The molecular weight excluding hydrogens is 1380 g/mol. The Bertz CT molecular complexity index is 2580. The molecular formula is C87H146O17P2. The van der Waals surface area contributed by atoms with Gasteiger partial charge in [-0.25, -0.2) is 9.13 Å². The van der Waals surface area contributed by atoms with Gasteiger partial charge in [-0.15, -0.1) is 0 Å². The van der Waals surface area contributed by atoms with Gasteiger partial charge in [0.25, 0.3) is 0 Å². The molecule has 0 fully saturated rings.